The number of ether oxygens (including phenoxy) is 1. The first-order valence-corrected chi connectivity index (χ1v) is 10.9. The Morgan fingerprint density at radius 2 is 2.21 bits per heavy atom. The first-order valence-electron chi connectivity index (χ1n) is 9.94. The number of benzene rings is 1. The Labute approximate surface area is 174 Å². The van der Waals surface area contributed by atoms with E-state index in [1.54, 1.807) is 16.2 Å². The molecule has 0 N–H and O–H groups in total. The molecule has 0 radical (unpaired) electrons. The van der Waals surface area contributed by atoms with Crippen molar-refractivity contribution < 1.29 is 14.3 Å². The summed E-state index contributed by atoms with van der Waals surface area (Å²) in [5.41, 5.74) is 2.73. The summed E-state index contributed by atoms with van der Waals surface area (Å²) in [4.78, 5) is 30.2. The van der Waals surface area contributed by atoms with E-state index < -0.39 is 17.4 Å². The number of nitrogens with zero attached hydrogens (tertiary/aromatic N) is 2. The topological polar surface area (TPSA) is 49.9 Å². The number of fused-ring (bicyclic) bond motifs is 1. The standard InChI is InChI=1S/C23H24N2O3S/c1-15-4-3-5-16(10-15)12-25-14-23-8-6-18(28-23)19(20(23)22(25)27)21(26)24(2)11-17-7-9-29-13-17/h3-10,13,18-20H,11-12,14H2,1-2H3/t18-,19?,20?,23-/m1/s1. The molecule has 29 heavy (non-hydrogen) atoms. The molecule has 2 bridgehead atoms. The van der Waals surface area contributed by atoms with Gasteiger partial charge in [-0.15, -0.1) is 0 Å². The summed E-state index contributed by atoms with van der Waals surface area (Å²) in [5.74, 6) is -0.859. The Morgan fingerprint density at radius 3 is 2.97 bits per heavy atom. The summed E-state index contributed by atoms with van der Waals surface area (Å²) in [6.07, 6.45) is 3.68. The van der Waals surface area contributed by atoms with E-state index in [9.17, 15) is 9.59 Å². The van der Waals surface area contributed by atoms with Crippen molar-refractivity contribution >= 4 is 23.2 Å². The van der Waals surface area contributed by atoms with Crippen LogP contribution in [0.5, 0.6) is 0 Å². The second-order valence-corrected chi connectivity index (χ2v) is 9.19. The van der Waals surface area contributed by atoms with Gasteiger partial charge in [0.15, 0.2) is 0 Å². The number of rotatable bonds is 5. The van der Waals surface area contributed by atoms with Gasteiger partial charge in [-0.05, 0) is 34.9 Å². The first-order chi connectivity index (χ1) is 14.0. The molecule has 3 aliphatic heterocycles. The molecule has 2 aromatic rings. The van der Waals surface area contributed by atoms with E-state index in [-0.39, 0.29) is 17.9 Å². The maximum Gasteiger partial charge on any atom is 0.230 e. The summed E-state index contributed by atoms with van der Waals surface area (Å²) in [6.45, 7) is 3.66. The Morgan fingerprint density at radius 1 is 1.34 bits per heavy atom. The number of aryl methyl sites for hydroxylation is 1. The molecular weight excluding hydrogens is 384 g/mol. The fourth-order valence-corrected chi connectivity index (χ4v) is 5.67. The Kier molecular flexibility index (Phi) is 4.37. The van der Waals surface area contributed by atoms with Crippen molar-refractivity contribution in [2.75, 3.05) is 13.6 Å². The monoisotopic (exact) mass is 408 g/mol. The maximum absolute atomic E-state index is 13.4. The minimum atomic E-state index is -0.658. The molecule has 6 heteroatoms. The number of hydrogen-bond donors (Lipinski definition) is 0. The van der Waals surface area contributed by atoms with E-state index in [0.717, 1.165) is 11.1 Å². The summed E-state index contributed by atoms with van der Waals surface area (Å²) in [6, 6.07) is 10.2. The normalized spacial score (nSPS) is 29.5. The van der Waals surface area contributed by atoms with Gasteiger partial charge in [0, 0.05) is 20.1 Å². The van der Waals surface area contributed by atoms with Crippen LogP contribution in [0.4, 0.5) is 0 Å². The second-order valence-electron chi connectivity index (χ2n) is 8.41. The summed E-state index contributed by atoms with van der Waals surface area (Å²) < 4.78 is 6.25. The minimum absolute atomic E-state index is 0.0109. The maximum atomic E-state index is 13.4. The lowest BCUT2D eigenvalue weighted by Gasteiger charge is -2.27. The van der Waals surface area contributed by atoms with Crippen LogP contribution in [0.3, 0.4) is 0 Å². The number of amides is 2. The van der Waals surface area contributed by atoms with E-state index >= 15 is 0 Å². The summed E-state index contributed by atoms with van der Waals surface area (Å²) in [7, 11) is 1.81. The Balaban J connectivity index is 1.37. The molecular formula is C23H24N2O3S. The van der Waals surface area contributed by atoms with E-state index in [1.165, 1.54) is 5.56 Å². The van der Waals surface area contributed by atoms with Crippen LogP contribution in [-0.2, 0) is 27.4 Å². The number of likely N-dealkylation sites (tertiary alicyclic amines) is 1. The van der Waals surface area contributed by atoms with Crippen molar-refractivity contribution in [3.63, 3.8) is 0 Å². The van der Waals surface area contributed by atoms with Crippen LogP contribution in [0.25, 0.3) is 0 Å². The summed E-state index contributed by atoms with van der Waals surface area (Å²) in [5, 5.41) is 4.06. The average molecular weight is 409 g/mol. The Hall–Kier alpha value is -2.44. The molecule has 0 aliphatic carbocycles. The van der Waals surface area contributed by atoms with Crippen molar-refractivity contribution in [2.24, 2.45) is 11.8 Å². The molecule has 2 unspecified atom stereocenters. The minimum Gasteiger partial charge on any atom is -0.360 e. The molecule has 2 amide bonds. The highest BCUT2D eigenvalue weighted by molar-refractivity contribution is 7.07. The van der Waals surface area contributed by atoms with Crippen molar-refractivity contribution in [3.05, 3.63) is 69.9 Å². The van der Waals surface area contributed by atoms with E-state index in [2.05, 4.69) is 6.07 Å². The smallest absolute Gasteiger partial charge is 0.230 e. The molecule has 0 saturated carbocycles. The van der Waals surface area contributed by atoms with Gasteiger partial charge in [0.1, 0.15) is 5.60 Å². The molecule has 1 aromatic carbocycles. The lowest BCUT2D eigenvalue weighted by atomic mass is 9.76. The van der Waals surface area contributed by atoms with Gasteiger partial charge in [0.05, 0.1) is 24.5 Å². The average Bonchev–Trinajstić information content (AvgIpc) is 3.45. The van der Waals surface area contributed by atoms with Crippen LogP contribution < -0.4 is 0 Å². The molecule has 5 nitrogen and oxygen atoms in total. The van der Waals surface area contributed by atoms with Gasteiger partial charge in [-0.3, -0.25) is 9.59 Å². The molecule has 4 atom stereocenters. The van der Waals surface area contributed by atoms with Gasteiger partial charge in [0.2, 0.25) is 11.8 Å². The largest absolute Gasteiger partial charge is 0.360 e. The third-order valence-corrected chi connectivity index (χ3v) is 7.03. The van der Waals surface area contributed by atoms with Crippen LogP contribution >= 0.6 is 11.3 Å². The predicted octanol–water partition coefficient (Wildman–Crippen LogP) is 3.00. The van der Waals surface area contributed by atoms with E-state index in [1.807, 2.05) is 66.0 Å². The lowest BCUT2D eigenvalue weighted by molar-refractivity contribution is -0.142. The number of carbonyl (C=O) groups is 2. The number of thiophene rings is 1. The Bertz CT molecular complexity index is 986. The highest BCUT2D eigenvalue weighted by atomic mass is 32.1. The SMILES string of the molecule is Cc1cccc(CN2C[C@@]34C=C[C@@H](O3)C(C(=O)N(C)Cc3ccsc3)C4C2=O)c1. The van der Waals surface area contributed by atoms with Crippen LogP contribution in [0, 0.1) is 18.8 Å². The summed E-state index contributed by atoms with van der Waals surface area (Å²) >= 11 is 1.62. The van der Waals surface area contributed by atoms with Crippen molar-refractivity contribution in [2.45, 2.75) is 31.7 Å². The van der Waals surface area contributed by atoms with Gasteiger partial charge in [0.25, 0.3) is 0 Å². The third-order valence-electron chi connectivity index (χ3n) is 6.30. The molecule has 150 valence electrons. The number of hydrogen-bond acceptors (Lipinski definition) is 4. The molecule has 2 saturated heterocycles. The lowest BCUT2D eigenvalue weighted by Crippen LogP contribution is -2.44. The molecule has 4 heterocycles. The molecule has 1 aromatic heterocycles. The zero-order valence-corrected chi connectivity index (χ0v) is 17.4. The molecule has 1 spiro atoms. The zero-order chi connectivity index (χ0) is 20.2. The van der Waals surface area contributed by atoms with Gasteiger partial charge in [-0.1, -0.05) is 42.0 Å². The van der Waals surface area contributed by atoms with Gasteiger partial charge < -0.3 is 14.5 Å². The first kappa shape index (κ1) is 18.6. The highest BCUT2D eigenvalue weighted by Gasteiger charge is 2.67. The van der Waals surface area contributed by atoms with E-state index in [4.69, 9.17) is 4.74 Å². The predicted molar refractivity (Wildman–Crippen MR) is 111 cm³/mol. The quantitative estimate of drug-likeness (QED) is 0.715. The van der Waals surface area contributed by atoms with Crippen LogP contribution in [0.15, 0.2) is 53.2 Å². The van der Waals surface area contributed by atoms with Gasteiger partial charge in [-0.2, -0.15) is 11.3 Å². The van der Waals surface area contributed by atoms with Crippen molar-refractivity contribution in [1.29, 1.82) is 0 Å². The highest BCUT2D eigenvalue weighted by Crippen LogP contribution is 2.52. The fourth-order valence-electron chi connectivity index (χ4n) is 5.01. The van der Waals surface area contributed by atoms with Crippen molar-refractivity contribution in [1.82, 2.24) is 9.80 Å². The molecule has 2 fully saturated rings. The third kappa shape index (κ3) is 3.02. The van der Waals surface area contributed by atoms with Crippen LogP contribution in [0.2, 0.25) is 0 Å². The molecule has 5 rings (SSSR count). The van der Waals surface area contributed by atoms with Gasteiger partial charge in [-0.25, -0.2) is 0 Å². The van der Waals surface area contributed by atoms with E-state index in [0.29, 0.717) is 19.6 Å². The number of carbonyl (C=O) groups excluding carboxylic acids is 2. The second kappa shape index (κ2) is 6.82. The fraction of sp³-hybridized carbons (Fsp3) is 0.391. The van der Waals surface area contributed by atoms with Gasteiger partial charge >= 0.3 is 0 Å². The van der Waals surface area contributed by atoms with Crippen LogP contribution in [0.1, 0.15) is 16.7 Å². The van der Waals surface area contributed by atoms with Crippen LogP contribution in [-0.4, -0.2) is 46.9 Å². The molecule has 3 aliphatic rings. The zero-order valence-electron chi connectivity index (χ0n) is 16.6. The van der Waals surface area contributed by atoms with Crippen molar-refractivity contribution in [3.8, 4) is 0 Å².